The van der Waals surface area contributed by atoms with E-state index in [0.29, 0.717) is 25.0 Å². The van der Waals surface area contributed by atoms with Crippen LogP contribution in [-0.2, 0) is 28.0 Å². The molecule has 2 N–H and O–H groups in total. The minimum atomic E-state index is -0.686. The van der Waals surface area contributed by atoms with Gasteiger partial charge in [-0.05, 0) is 49.9 Å². The van der Waals surface area contributed by atoms with Gasteiger partial charge in [-0.3, -0.25) is 19.1 Å². The summed E-state index contributed by atoms with van der Waals surface area (Å²) >= 11 is 0. The normalized spacial score (nSPS) is 18.1. The van der Waals surface area contributed by atoms with Gasteiger partial charge in [0.05, 0.1) is 18.7 Å². The van der Waals surface area contributed by atoms with Crippen molar-refractivity contribution in [2.45, 2.75) is 71.1 Å². The summed E-state index contributed by atoms with van der Waals surface area (Å²) in [6, 6.07) is 8.03. The van der Waals surface area contributed by atoms with E-state index in [1.54, 1.807) is 20.2 Å². The molecule has 3 atom stereocenters. The quantitative estimate of drug-likeness (QED) is 0.474. The van der Waals surface area contributed by atoms with Gasteiger partial charge < -0.3 is 20.1 Å². The highest BCUT2D eigenvalue weighted by Crippen LogP contribution is 2.27. The zero-order valence-corrected chi connectivity index (χ0v) is 21.0. The first-order valence-corrected chi connectivity index (χ1v) is 12.2. The Labute approximate surface area is 206 Å². The third kappa shape index (κ3) is 7.07. The number of carbonyl (C=O) groups is 3. The van der Waals surface area contributed by atoms with Crippen molar-refractivity contribution in [1.82, 2.24) is 20.4 Å². The third-order valence-electron chi connectivity index (χ3n) is 6.39. The van der Waals surface area contributed by atoms with Gasteiger partial charge in [0, 0.05) is 13.1 Å². The lowest BCUT2D eigenvalue weighted by molar-refractivity contribution is -0.150. The lowest BCUT2D eigenvalue weighted by atomic mass is 10.0. The predicted octanol–water partition coefficient (Wildman–Crippen LogP) is 3.05. The van der Waals surface area contributed by atoms with Gasteiger partial charge in [0.15, 0.2) is 0 Å². The summed E-state index contributed by atoms with van der Waals surface area (Å²) in [5.41, 5.74) is 2.00. The molecule has 35 heavy (non-hydrogen) atoms. The van der Waals surface area contributed by atoms with Crippen LogP contribution in [0.5, 0.6) is 5.75 Å². The van der Waals surface area contributed by atoms with Gasteiger partial charge in [0.1, 0.15) is 24.1 Å². The number of nitrogens with one attached hydrogen (secondary N) is 2. The van der Waals surface area contributed by atoms with E-state index in [9.17, 15) is 14.4 Å². The first-order chi connectivity index (χ1) is 16.8. The largest absolute Gasteiger partial charge is 0.497 e. The van der Waals surface area contributed by atoms with E-state index in [2.05, 4.69) is 15.7 Å². The summed E-state index contributed by atoms with van der Waals surface area (Å²) in [7, 11) is 3.30. The van der Waals surface area contributed by atoms with E-state index in [1.165, 1.54) is 4.68 Å². The van der Waals surface area contributed by atoms with Crippen LogP contribution in [0.25, 0.3) is 0 Å². The molecule has 2 aromatic rings. The molecule has 1 aromatic carbocycles. The predicted molar refractivity (Wildman–Crippen MR) is 131 cm³/mol. The smallest absolute Gasteiger partial charge is 0.311 e. The Balaban J connectivity index is 1.59. The highest BCUT2D eigenvalue weighted by molar-refractivity contribution is 5.96. The van der Waals surface area contributed by atoms with Gasteiger partial charge in [0.25, 0.3) is 5.91 Å². The van der Waals surface area contributed by atoms with E-state index < -0.39 is 12.0 Å². The number of rotatable bonds is 11. The molecule has 1 aliphatic carbocycles. The Morgan fingerprint density at radius 2 is 1.94 bits per heavy atom. The molecule has 0 saturated heterocycles. The number of amides is 2. The number of aryl methyl sites for hydroxylation is 2. The van der Waals surface area contributed by atoms with Gasteiger partial charge in [-0.15, -0.1) is 0 Å². The van der Waals surface area contributed by atoms with Crippen molar-refractivity contribution in [2.75, 3.05) is 7.11 Å². The summed E-state index contributed by atoms with van der Waals surface area (Å²) < 4.78 is 12.2. The Bertz CT molecular complexity index is 1020. The molecule has 1 aliphatic rings. The van der Waals surface area contributed by atoms with E-state index in [1.807, 2.05) is 38.1 Å². The Morgan fingerprint density at radius 1 is 1.20 bits per heavy atom. The Kier molecular flexibility index (Phi) is 9.28. The van der Waals surface area contributed by atoms with Crippen LogP contribution in [0.1, 0.15) is 67.2 Å². The van der Waals surface area contributed by atoms with Crippen LogP contribution < -0.4 is 15.4 Å². The maximum absolute atomic E-state index is 13.2. The molecule has 0 aliphatic heterocycles. The topological polar surface area (TPSA) is 112 Å². The molecular weight excluding hydrogens is 448 g/mol. The van der Waals surface area contributed by atoms with Crippen LogP contribution in [0.2, 0.25) is 0 Å². The maximum atomic E-state index is 13.2. The number of unbranched alkanes of at least 4 members (excludes halogenated alkanes) is 1. The Hall–Kier alpha value is -3.36. The lowest BCUT2D eigenvalue weighted by Crippen LogP contribution is -2.51. The van der Waals surface area contributed by atoms with E-state index in [4.69, 9.17) is 9.47 Å². The number of nitrogens with zero attached hydrogens (tertiary/aromatic N) is 2. The summed E-state index contributed by atoms with van der Waals surface area (Å²) in [4.78, 5) is 38.8. The summed E-state index contributed by atoms with van der Waals surface area (Å²) in [6.07, 6.45) is 4.39. The number of aromatic nitrogens is 2. The van der Waals surface area contributed by atoms with Gasteiger partial charge in [-0.2, -0.15) is 5.10 Å². The molecule has 9 nitrogen and oxygen atoms in total. The molecule has 0 spiro atoms. The van der Waals surface area contributed by atoms with Crippen molar-refractivity contribution in [1.29, 1.82) is 0 Å². The van der Waals surface area contributed by atoms with E-state index in [0.717, 1.165) is 36.3 Å². The summed E-state index contributed by atoms with van der Waals surface area (Å²) in [5.74, 6) is -0.596. The van der Waals surface area contributed by atoms with Gasteiger partial charge in [-0.25, -0.2) is 0 Å². The Morgan fingerprint density at radius 3 is 2.57 bits per heavy atom. The van der Waals surface area contributed by atoms with Crippen molar-refractivity contribution < 1.29 is 23.9 Å². The number of benzene rings is 1. The van der Waals surface area contributed by atoms with Gasteiger partial charge in [0.2, 0.25) is 5.91 Å². The molecule has 0 radical (unpaired) electrons. The average molecular weight is 485 g/mol. The lowest BCUT2D eigenvalue weighted by Gasteiger charge is -2.24. The van der Waals surface area contributed by atoms with Gasteiger partial charge >= 0.3 is 5.97 Å². The fourth-order valence-electron chi connectivity index (χ4n) is 4.41. The second-order valence-corrected chi connectivity index (χ2v) is 9.07. The van der Waals surface area contributed by atoms with Crippen molar-refractivity contribution in [3.05, 3.63) is 47.3 Å². The van der Waals surface area contributed by atoms with Gasteiger partial charge in [-0.1, -0.05) is 38.3 Å². The second kappa shape index (κ2) is 12.4. The van der Waals surface area contributed by atoms with Crippen molar-refractivity contribution >= 4 is 17.8 Å². The third-order valence-corrected chi connectivity index (χ3v) is 6.39. The number of ether oxygens (including phenoxy) is 2. The zero-order valence-electron chi connectivity index (χ0n) is 21.0. The SMILES string of the molecule is CCCC[C@H](NC(=O)c1cc(C)nn1C)C(=O)N[C@H]1CCC[C@H]1C(=O)OCc1ccc(OC)cc1. The van der Waals surface area contributed by atoms with E-state index >= 15 is 0 Å². The number of methoxy groups -OCH3 is 1. The van der Waals surface area contributed by atoms with Crippen molar-refractivity contribution in [3.8, 4) is 5.75 Å². The van der Waals surface area contributed by atoms with E-state index in [-0.39, 0.29) is 30.4 Å². The number of carbonyl (C=O) groups excluding carboxylic acids is 3. The fraction of sp³-hybridized carbons (Fsp3) is 0.538. The highest BCUT2D eigenvalue weighted by Gasteiger charge is 2.36. The minimum Gasteiger partial charge on any atom is -0.497 e. The maximum Gasteiger partial charge on any atom is 0.311 e. The molecule has 1 heterocycles. The minimum absolute atomic E-state index is 0.166. The molecule has 1 saturated carbocycles. The molecule has 2 amide bonds. The number of hydrogen-bond acceptors (Lipinski definition) is 6. The first kappa shape index (κ1) is 26.2. The molecular formula is C26H36N4O5. The van der Waals surface area contributed by atoms with Crippen LogP contribution in [0, 0.1) is 12.8 Å². The summed E-state index contributed by atoms with van der Waals surface area (Å²) in [5, 5.41) is 10.1. The first-order valence-electron chi connectivity index (χ1n) is 12.2. The van der Waals surface area contributed by atoms with Crippen LogP contribution in [0.4, 0.5) is 0 Å². The highest BCUT2D eigenvalue weighted by atomic mass is 16.5. The fourth-order valence-corrected chi connectivity index (χ4v) is 4.41. The van der Waals surface area contributed by atoms with Crippen molar-refractivity contribution in [3.63, 3.8) is 0 Å². The second-order valence-electron chi connectivity index (χ2n) is 9.07. The van der Waals surface area contributed by atoms with Crippen molar-refractivity contribution in [2.24, 2.45) is 13.0 Å². The van der Waals surface area contributed by atoms with Crippen LogP contribution in [0.3, 0.4) is 0 Å². The molecule has 3 rings (SSSR count). The summed E-state index contributed by atoms with van der Waals surface area (Å²) in [6.45, 7) is 4.01. The van der Waals surface area contributed by atoms with Crippen LogP contribution in [-0.4, -0.2) is 46.8 Å². The molecule has 1 aromatic heterocycles. The monoisotopic (exact) mass is 484 g/mol. The molecule has 0 bridgehead atoms. The molecule has 1 fully saturated rings. The molecule has 9 heteroatoms. The average Bonchev–Trinajstić information content (AvgIpc) is 3.45. The molecule has 190 valence electrons. The standard InChI is InChI=1S/C26H36N4O5/c1-5-6-9-22(28-25(32)23-15-17(2)29-30(23)3)24(31)27-21-10-7-8-20(21)26(33)35-16-18-11-13-19(34-4)14-12-18/h11-15,20-22H,5-10,16H2,1-4H3,(H,27,31)(H,28,32)/t20-,21+,22+/m1/s1. The zero-order chi connectivity index (χ0) is 25.4. The number of esters is 1. The molecule has 0 unspecified atom stereocenters. The van der Waals surface area contributed by atoms with Crippen LogP contribution in [0.15, 0.2) is 30.3 Å². The van der Waals surface area contributed by atoms with Crippen LogP contribution >= 0.6 is 0 Å². The number of hydrogen-bond donors (Lipinski definition) is 2.